The van der Waals surface area contributed by atoms with Gasteiger partial charge in [0.15, 0.2) is 0 Å². The zero-order chi connectivity index (χ0) is 12.8. The summed E-state index contributed by atoms with van der Waals surface area (Å²) in [5.74, 6) is 0.270. The van der Waals surface area contributed by atoms with E-state index >= 15 is 0 Å². The number of hydrogen-bond acceptors (Lipinski definition) is 2. The first-order valence-corrected chi connectivity index (χ1v) is 7.58. The molecule has 2 nitrogen and oxygen atoms in total. The second-order valence-electron chi connectivity index (χ2n) is 5.09. The second kappa shape index (κ2) is 6.28. The minimum Gasteiger partial charge on any atom is -0.481 e. The average molecular weight is 264 g/mol. The van der Waals surface area contributed by atoms with Crippen LogP contribution >= 0.6 is 11.8 Å². The number of rotatable bonds is 5. The van der Waals surface area contributed by atoms with Gasteiger partial charge in [0, 0.05) is 10.5 Å². The molecule has 1 aliphatic carbocycles. The molecule has 1 aromatic rings. The van der Waals surface area contributed by atoms with E-state index in [2.05, 4.69) is 12.1 Å². The molecule has 1 saturated carbocycles. The predicted molar refractivity (Wildman–Crippen MR) is 75.8 cm³/mol. The van der Waals surface area contributed by atoms with Gasteiger partial charge in [0.2, 0.25) is 0 Å². The normalized spacial score (nSPS) is 18.4. The van der Waals surface area contributed by atoms with Crippen molar-refractivity contribution in [2.24, 2.45) is 0 Å². The highest BCUT2D eigenvalue weighted by Crippen LogP contribution is 2.43. The SMILES string of the molecule is O=C(O)CC1(SCc2ccccc2)CCCCC1. The smallest absolute Gasteiger partial charge is 0.304 e. The van der Waals surface area contributed by atoms with E-state index in [0.29, 0.717) is 6.42 Å². The first-order chi connectivity index (χ1) is 8.70. The van der Waals surface area contributed by atoms with Gasteiger partial charge >= 0.3 is 5.97 Å². The molecule has 0 spiro atoms. The lowest BCUT2D eigenvalue weighted by molar-refractivity contribution is -0.137. The van der Waals surface area contributed by atoms with Gasteiger partial charge in [-0.1, -0.05) is 49.6 Å². The third-order valence-corrected chi connectivity index (χ3v) is 5.27. The number of benzene rings is 1. The summed E-state index contributed by atoms with van der Waals surface area (Å²) in [6.07, 6.45) is 6.02. The number of carbonyl (C=O) groups is 1. The molecule has 1 fully saturated rings. The van der Waals surface area contributed by atoms with Crippen molar-refractivity contribution in [2.45, 2.75) is 49.0 Å². The number of aliphatic carboxylic acids is 1. The fraction of sp³-hybridized carbons (Fsp3) is 0.533. The Morgan fingerprint density at radius 1 is 1.17 bits per heavy atom. The minimum absolute atomic E-state index is 0.0279. The summed E-state index contributed by atoms with van der Waals surface area (Å²) in [4.78, 5) is 11.1. The van der Waals surface area contributed by atoms with E-state index in [1.807, 2.05) is 30.0 Å². The van der Waals surface area contributed by atoms with Crippen molar-refractivity contribution in [1.82, 2.24) is 0 Å². The van der Waals surface area contributed by atoms with Crippen molar-refractivity contribution in [3.8, 4) is 0 Å². The first kappa shape index (κ1) is 13.5. The summed E-state index contributed by atoms with van der Waals surface area (Å²) in [6.45, 7) is 0. The van der Waals surface area contributed by atoms with Crippen LogP contribution < -0.4 is 0 Å². The van der Waals surface area contributed by atoms with Gasteiger partial charge in [-0.15, -0.1) is 11.8 Å². The molecule has 1 aliphatic rings. The van der Waals surface area contributed by atoms with Crippen molar-refractivity contribution in [2.75, 3.05) is 0 Å². The van der Waals surface area contributed by atoms with Crippen molar-refractivity contribution in [1.29, 1.82) is 0 Å². The van der Waals surface area contributed by atoms with Crippen LogP contribution in [0.3, 0.4) is 0 Å². The van der Waals surface area contributed by atoms with Gasteiger partial charge in [0.05, 0.1) is 6.42 Å². The molecule has 0 radical (unpaired) electrons. The third-order valence-electron chi connectivity index (χ3n) is 3.63. The third kappa shape index (κ3) is 3.77. The Kier molecular flexibility index (Phi) is 4.70. The van der Waals surface area contributed by atoms with Gasteiger partial charge in [0.1, 0.15) is 0 Å². The van der Waals surface area contributed by atoms with Crippen LogP contribution in [0, 0.1) is 0 Å². The van der Waals surface area contributed by atoms with Crippen molar-refractivity contribution < 1.29 is 9.90 Å². The molecular formula is C15H20O2S. The molecule has 0 aliphatic heterocycles. The zero-order valence-electron chi connectivity index (χ0n) is 10.6. The summed E-state index contributed by atoms with van der Waals surface area (Å²) in [5, 5.41) is 9.11. The maximum absolute atomic E-state index is 11.1. The standard InChI is InChI=1S/C15H20O2S/c16-14(17)11-15(9-5-2-6-10-15)18-12-13-7-3-1-4-8-13/h1,3-4,7-8H,2,5-6,9-12H2,(H,16,17). The van der Waals surface area contributed by atoms with E-state index in [0.717, 1.165) is 18.6 Å². The van der Waals surface area contributed by atoms with Crippen LogP contribution in [0.4, 0.5) is 0 Å². The molecular weight excluding hydrogens is 244 g/mol. The zero-order valence-corrected chi connectivity index (χ0v) is 11.4. The Balaban J connectivity index is 1.99. The summed E-state index contributed by atoms with van der Waals surface area (Å²) >= 11 is 1.85. The van der Waals surface area contributed by atoms with E-state index < -0.39 is 5.97 Å². The maximum Gasteiger partial charge on any atom is 0.304 e. The molecule has 1 N–H and O–H groups in total. The number of thioether (sulfide) groups is 1. The van der Waals surface area contributed by atoms with E-state index in [4.69, 9.17) is 5.11 Å². The largest absolute Gasteiger partial charge is 0.481 e. The molecule has 98 valence electrons. The minimum atomic E-state index is -0.655. The van der Waals surface area contributed by atoms with Crippen LogP contribution in [-0.4, -0.2) is 15.8 Å². The summed E-state index contributed by atoms with van der Waals surface area (Å²) < 4.78 is -0.0279. The monoisotopic (exact) mass is 264 g/mol. The molecule has 2 rings (SSSR count). The molecule has 18 heavy (non-hydrogen) atoms. The van der Waals surface area contributed by atoms with Crippen LogP contribution in [0.25, 0.3) is 0 Å². The van der Waals surface area contributed by atoms with E-state index in [1.54, 1.807) is 0 Å². The Bertz CT molecular complexity index is 383. The Hall–Kier alpha value is -0.960. The van der Waals surface area contributed by atoms with Gasteiger partial charge in [-0.2, -0.15) is 0 Å². The highest BCUT2D eigenvalue weighted by molar-refractivity contribution is 7.99. The molecule has 0 bridgehead atoms. The number of carboxylic acids is 1. The fourth-order valence-electron chi connectivity index (χ4n) is 2.65. The van der Waals surface area contributed by atoms with Crippen molar-refractivity contribution in [3.63, 3.8) is 0 Å². The van der Waals surface area contributed by atoms with E-state index in [-0.39, 0.29) is 4.75 Å². The second-order valence-corrected chi connectivity index (χ2v) is 6.53. The van der Waals surface area contributed by atoms with Crippen LogP contribution in [0.2, 0.25) is 0 Å². The maximum atomic E-state index is 11.1. The predicted octanol–water partition coefficient (Wildman–Crippen LogP) is 4.10. The van der Waals surface area contributed by atoms with Crippen LogP contribution in [0.15, 0.2) is 30.3 Å². The van der Waals surface area contributed by atoms with E-state index in [9.17, 15) is 4.79 Å². The van der Waals surface area contributed by atoms with Gasteiger partial charge < -0.3 is 5.11 Å². The first-order valence-electron chi connectivity index (χ1n) is 6.60. The van der Waals surface area contributed by atoms with Gasteiger partial charge in [0.25, 0.3) is 0 Å². The lowest BCUT2D eigenvalue weighted by atomic mass is 9.86. The van der Waals surface area contributed by atoms with Crippen LogP contribution in [-0.2, 0) is 10.5 Å². The lowest BCUT2D eigenvalue weighted by Crippen LogP contribution is -2.31. The Morgan fingerprint density at radius 3 is 2.44 bits per heavy atom. The van der Waals surface area contributed by atoms with Crippen LogP contribution in [0.5, 0.6) is 0 Å². The highest BCUT2D eigenvalue weighted by atomic mass is 32.2. The molecule has 0 amide bonds. The highest BCUT2D eigenvalue weighted by Gasteiger charge is 2.34. The van der Waals surface area contributed by atoms with E-state index in [1.165, 1.54) is 24.8 Å². The fourth-order valence-corrected chi connectivity index (χ4v) is 4.12. The Morgan fingerprint density at radius 2 is 1.83 bits per heavy atom. The molecule has 0 unspecified atom stereocenters. The molecule has 0 atom stereocenters. The summed E-state index contributed by atoms with van der Waals surface area (Å²) in [6, 6.07) is 10.3. The molecule has 3 heteroatoms. The Labute approximate surface area is 113 Å². The molecule has 0 heterocycles. The number of hydrogen-bond donors (Lipinski definition) is 1. The summed E-state index contributed by atoms with van der Waals surface area (Å²) in [7, 11) is 0. The quantitative estimate of drug-likeness (QED) is 0.870. The lowest BCUT2D eigenvalue weighted by Gasteiger charge is -2.35. The van der Waals surface area contributed by atoms with Gasteiger partial charge in [-0.3, -0.25) is 4.79 Å². The van der Waals surface area contributed by atoms with Gasteiger partial charge in [-0.05, 0) is 18.4 Å². The topological polar surface area (TPSA) is 37.3 Å². The molecule has 1 aromatic carbocycles. The summed E-state index contributed by atoms with van der Waals surface area (Å²) in [5.41, 5.74) is 1.29. The molecule has 0 saturated heterocycles. The number of carboxylic acid groups (broad SMARTS) is 1. The van der Waals surface area contributed by atoms with Crippen LogP contribution in [0.1, 0.15) is 44.1 Å². The van der Waals surface area contributed by atoms with Gasteiger partial charge in [-0.25, -0.2) is 0 Å². The van der Waals surface area contributed by atoms with Crippen molar-refractivity contribution in [3.05, 3.63) is 35.9 Å². The van der Waals surface area contributed by atoms with Crippen molar-refractivity contribution >= 4 is 17.7 Å². The average Bonchev–Trinajstić information content (AvgIpc) is 2.38. The molecule has 0 aromatic heterocycles.